The molecule has 5 heteroatoms. The summed E-state index contributed by atoms with van der Waals surface area (Å²) < 4.78 is 36.1. The number of aliphatic hydroxyl groups is 1. The highest BCUT2D eigenvalue weighted by atomic mass is 19.4. The Hall–Kier alpha value is -0.580. The number of rotatable bonds is 2. The molecule has 0 radical (unpaired) electrons. The molecule has 0 fully saturated rings. The van der Waals surface area contributed by atoms with Crippen molar-refractivity contribution in [2.24, 2.45) is 4.99 Å². The molecule has 13 heavy (non-hydrogen) atoms. The van der Waals surface area contributed by atoms with E-state index in [1.165, 1.54) is 20.8 Å². The van der Waals surface area contributed by atoms with Crippen molar-refractivity contribution in [2.75, 3.05) is 0 Å². The fourth-order valence-electron chi connectivity index (χ4n) is 0.589. The average Bonchev–Trinajstić information content (AvgIpc) is 1.83. The van der Waals surface area contributed by atoms with Crippen molar-refractivity contribution in [1.82, 2.24) is 0 Å². The second-order valence-corrected chi connectivity index (χ2v) is 3.52. The highest BCUT2D eigenvalue weighted by Crippen LogP contribution is 2.22. The molecule has 0 heterocycles. The third-order valence-corrected chi connectivity index (χ3v) is 1.89. The zero-order chi connectivity index (χ0) is 10.9. The molecule has 0 bridgehead atoms. The Morgan fingerprint density at radius 2 is 1.69 bits per heavy atom. The zero-order valence-corrected chi connectivity index (χ0v) is 8.11. The molecule has 2 nitrogen and oxygen atoms in total. The van der Waals surface area contributed by atoms with Crippen LogP contribution in [-0.2, 0) is 0 Å². The first kappa shape index (κ1) is 12.4. The fourth-order valence-corrected chi connectivity index (χ4v) is 0.589. The molecule has 1 atom stereocenters. The van der Waals surface area contributed by atoms with E-state index < -0.39 is 23.5 Å². The number of alkyl halides is 3. The number of hydrogen-bond donors (Lipinski definition) is 1. The second kappa shape index (κ2) is 3.65. The van der Waals surface area contributed by atoms with Crippen LogP contribution in [0.25, 0.3) is 0 Å². The minimum Gasteiger partial charge on any atom is -0.391 e. The lowest BCUT2D eigenvalue weighted by Crippen LogP contribution is -2.35. The largest absolute Gasteiger partial charge is 0.428 e. The van der Waals surface area contributed by atoms with Crippen LogP contribution >= 0.6 is 0 Å². The topological polar surface area (TPSA) is 32.6 Å². The summed E-state index contributed by atoms with van der Waals surface area (Å²) in [5.41, 5.74) is -2.02. The number of aliphatic imine (C=N–C) groups is 1. The van der Waals surface area contributed by atoms with E-state index in [0.717, 1.165) is 6.92 Å². The number of aliphatic hydroxyl groups excluding tert-OH is 1. The van der Waals surface area contributed by atoms with Gasteiger partial charge < -0.3 is 5.11 Å². The van der Waals surface area contributed by atoms with E-state index in [-0.39, 0.29) is 0 Å². The molecule has 0 rings (SSSR count). The Morgan fingerprint density at radius 3 is 1.92 bits per heavy atom. The summed E-state index contributed by atoms with van der Waals surface area (Å²) >= 11 is 0. The number of nitrogens with zero attached hydrogens (tertiary/aromatic N) is 1. The van der Waals surface area contributed by atoms with E-state index >= 15 is 0 Å². The molecule has 0 unspecified atom stereocenters. The molecule has 0 aliphatic carbocycles. The Labute approximate surface area is 75.5 Å². The minimum absolute atomic E-state index is 0.893. The van der Waals surface area contributed by atoms with E-state index in [1.807, 2.05) is 0 Å². The maximum Gasteiger partial charge on any atom is 0.428 e. The van der Waals surface area contributed by atoms with Crippen molar-refractivity contribution in [2.45, 2.75) is 45.5 Å². The van der Waals surface area contributed by atoms with E-state index in [2.05, 4.69) is 4.99 Å². The van der Waals surface area contributed by atoms with Gasteiger partial charge in [-0.3, -0.25) is 4.99 Å². The van der Waals surface area contributed by atoms with Crippen LogP contribution in [0.1, 0.15) is 27.7 Å². The van der Waals surface area contributed by atoms with Crippen molar-refractivity contribution in [3.05, 3.63) is 0 Å². The van der Waals surface area contributed by atoms with Gasteiger partial charge >= 0.3 is 6.18 Å². The highest BCUT2D eigenvalue weighted by Gasteiger charge is 2.35. The summed E-state index contributed by atoms with van der Waals surface area (Å²) in [6.07, 6.45) is -5.32. The highest BCUT2D eigenvalue weighted by molar-refractivity contribution is 5.87. The summed E-state index contributed by atoms with van der Waals surface area (Å²) in [5, 5.41) is 9.12. The van der Waals surface area contributed by atoms with Gasteiger partial charge in [-0.15, -0.1) is 0 Å². The van der Waals surface area contributed by atoms with Crippen LogP contribution < -0.4 is 0 Å². The lowest BCUT2D eigenvalue weighted by molar-refractivity contribution is -0.0602. The summed E-state index contributed by atoms with van der Waals surface area (Å²) in [6.45, 7) is 5.21. The van der Waals surface area contributed by atoms with Gasteiger partial charge in [-0.05, 0) is 27.7 Å². The molecule has 1 N–H and O–H groups in total. The molecule has 0 aromatic rings. The van der Waals surface area contributed by atoms with Gasteiger partial charge in [0.2, 0.25) is 0 Å². The van der Waals surface area contributed by atoms with Crippen LogP contribution in [0.4, 0.5) is 13.2 Å². The monoisotopic (exact) mass is 197 g/mol. The first-order chi connectivity index (χ1) is 5.57. The van der Waals surface area contributed by atoms with Gasteiger partial charge in [0.15, 0.2) is 0 Å². The molecule has 0 amide bonds. The van der Waals surface area contributed by atoms with Crippen molar-refractivity contribution in [3.8, 4) is 0 Å². The SMILES string of the molecule is CC(=NC(C)(C)[C@H](C)O)C(F)(F)F. The standard InChI is InChI=1S/C8H14F3NO/c1-5(8(9,10)11)12-7(3,4)6(2)13/h6,13H,1-4H3/t6-/m0/s1. The van der Waals surface area contributed by atoms with Gasteiger partial charge in [0.25, 0.3) is 0 Å². The minimum atomic E-state index is -4.41. The maximum absolute atomic E-state index is 12.0. The second-order valence-electron chi connectivity index (χ2n) is 3.52. The molecular formula is C8H14F3NO. The van der Waals surface area contributed by atoms with Crippen LogP contribution in [0, 0.1) is 0 Å². The summed E-state index contributed by atoms with van der Waals surface area (Å²) in [5.74, 6) is 0. The first-order valence-electron chi connectivity index (χ1n) is 3.89. The van der Waals surface area contributed by atoms with Crippen LogP contribution in [-0.4, -0.2) is 28.6 Å². The molecule has 0 spiro atoms. The van der Waals surface area contributed by atoms with Crippen LogP contribution in [0.2, 0.25) is 0 Å². The van der Waals surface area contributed by atoms with Gasteiger partial charge in [-0.2, -0.15) is 13.2 Å². The van der Waals surface area contributed by atoms with Gasteiger partial charge in [-0.25, -0.2) is 0 Å². The smallest absolute Gasteiger partial charge is 0.391 e. The van der Waals surface area contributed by atoms with E-state index in [4.69, 9.17) is 5.11 Å². The van der Waals surface area contributed by atoms with E-state index in [9.17, 15) is 13.2 Å². The molecule has 0 aromatic heterocycles. The van der Waals surface area contributed by atoms with Gasteiger partial charge in [0, 0.05) is 0 Å². The Kier molecular flexibility index (Phi) is 3.49. The molecule has 78 valence electrons. The zero-order valence-electron chi connectivity index (χ0n) is 8.11. The Bertz CT molecular complexity index is 206. The normalized spacial score (nSPS) is 17.4. The average molecular weight is 197 g/mol. The predicted octanol–water partition coefficient (Wildman–Crippen LogP) is 2.17. The summed E-state index contributed by atoms with van der Waals surface area (Å²) in [7, 11) is 0. The van der Waals surface area contributed by atoms with Gasteiger partial charge in [0.1, 0.15) is 5.71 Å². The van der Waals surface area contributed by atoms with Gasteiger partial charge in [0.05, 0.1) is 11.6 Å². The molecule has 0 saturated carbocycles. The number of hydrogen-bond acceptors (Lipinski definition) is 2. The quantitative estimate of drug-likeness (QED) is 0.676. The van der Waals surface area contributed by atoms with Crippen molar-refractivity contribution >= 4 is 5.71 Å². The lowest BCUT2D eigenvalue weighted by atomic mass is 9.99. The molecule has 0 saturated heterocycles. The number of halogens is 3. The van der Waals surface area contributed by atoms with E-state index in [0.29, 0.717) is 0 Å². The third kappa shape index (κ3) is 3.76. The van der Waals surface area contributed by atoms with Crippen molar-refractivity contribution in [1.29, 1.82) is 0 Å². The van der Waals surface area contributed by atoms with Crippen LogP contribution in [0.15, 0.2) is 4.99 Å². The maximum atomic E-state index is 12.0. The molecular weight excluding hydrogens is 183 g/mol. The molecule has 0 aromatic carbocycles. The summed E-state index contributed by atoms with van der Waals surface area (Å²) in [6, 6.07) is 0. The Balaban J connectivity index is 4.75. The Morgan fingerprint density at radius 1 is 1.31 bits per heavy atom. The molecule has 0 aliphatic rings. The predicted molar refractivity (Wildman–Crippen MR) is 44.9 cm³/mol. The van der Waals surface area contributed by atoms with Crippen LogP contribution in [0.3, 0.4) is 0 Å². The van der Waals surface area contributed by atoms with Gasteiger partial charge in [-0.1, -0.05) is 0 Å². The first-order valence-corrected chi connectivity index (χ1v) is 3.89. The van der Waals surface area contributed by atoms with E-state index in [1.54, 1.807) is 0 Å². The van der Waals surface area contributed by atoms with Crippen molar-refractivity contribution < 1.29 is 18.3 Å². The fraction of sp³-hybridized carbons (Fsp3) is 0.875. The lowest BCUT2D eigenvalue weighted by Gasteiger charge is -2.24. The van der Waals surface area contributed by atoms with Crippen LogP contribution in [0.5, 0.6) is 0 Å². The third-order valence-electron chi connectivity index (χ3n) is 1.89. The summed E-state index contributed by atoms with van der Waals surface area (Å²) in [4.78, 5) is 3.42. The van der Waals surface area contributed by atoms with Crippen molar-refractivity contribution in [3.63, 3.8) is 0 Å². The molecule has 0 aliphatic heterocycles.